The Morgan fingerprint density at radius 1 is 0.976 bits per heavy atom. The van der Waals surface area contributed by atoms with Crippen LogP contribution in [0.15, 0.2) is 36.7 Å². The number of likely N-dealkylation sites (tertiary alicyclic amines) is 1. The van der Waals surface area contributed by atoms with Crippen molar-refractivity contribution in [2.45, 2.75) is 89.4 Å². The van der Waals surface area contributed by atoms with Gasteiger partial charge in [-0.2, -0.15) is 0 Å². The molecular formula is C31H43N5O5. The quantitative estimate of drug-likeness (QED) is 0.534. The highest BCUT2D eigenvalue weighted by molar-refractivity contribution is 5.94. The molecule has 10 nitrogen and oxygen atoms in total. The first-order valence-corrected chi connectivity index (χ1v) is 14.8. The molecule has 2 aliphatic heterocycles. The molecule has 1 aromatic heterocycles. The Balaban J connectivity index is 0.00000405. The number of amides is 3. The smallest absolute Gasteiger partial charge is 0.410 e. The monoisotopic (exact) mass is 565 g/mol. The molecule has 2 saturated heterocycles. The first-order chi connectivity index (χ1) is 19.7. The van der Waals surface area contributed by atoms with Crippen LogP contribution in [0.25, 0.3) is 11.4 Å². The Kier molecular flexibility index (Phi) is 8.87. The highest BCUT2D eigenvalue weighted by Crippen LogP contribution is 2.33. The third-order valence-corrected chi connectivity index (χ3v) is 7.75. The minimum atomic E-state index is -0.528. The Morgan fingerprint density at radius 2 is 1.59 bits per heavy atom. The second-order valence-electron chi connectivity index (χ2n) is 12.3. The molecule has 2 aromatic rings. The summed E-state index contributed by atoms with van der Waals surface area (Å²) in [6.07, 6.45) is 8.37. The molecule has 5 rings (SSSR count). The number of piperidine rings is 1. The Hall–Kier alpha value is -3.53. The summed E-state index contributed by atoms with van der Waals surface area (Å²) in [4.78, 5) is 51.2. The van der Waals surface area contributed by atoms with Gasteiger partial charge in [0.1, 0.15) is 5.60 Å². The molecule has 0 radical (unpaired) electrons. The maximum Gasteiger partial charge on any atom is 0.410 e. The van der Waals surface area contributed by atoms with Crippen molar-refractivity contribution >= 4 is 17.9 Å². The van der Waals surface area contributed by atoms with E-state index in [9.17, 15) is 14.4 Å². The Morgan fingerprint density at radius 3 is 2.17 bits per heavy atom. The third kappa shape index (κ3) is 7.81. The maximum atomic E-state index is 13.6. The van der Waals surface area contributed by atoms with Gasteiger partial charge in [-0.25, -0.2) is 14.8 Å². The van der Waals surface area contributed by atoms with Gasteiger partial charge in [0, 0.05) is 63.8 Å². The standard InChI is InChI=1S/C31H41N5O5.H2/c1-31(2,3)41-30(39)35-14-10-26(11-15-35)36(25-8-9-25)29(38)23-19-32-28(33-20-23)22-6-4-21(5-7-22)18-27(37)34-24-12-16-40-17-13-24;/h4-7,19-20,24-26H,8-18H2,1-3H3,(H,34,37);1H. The molecule has 1 aliphatic carbocycles. The molecule has 1 aromatic carbocycles. The van der Waals surface area contributed by atoms with Gasteiger partial charge in [-0.15, -0.1) is 0 Å². The molecule has 0 bridgehead atoms. The molecule has 0 atom stereocenters. The zero-order valence-electron chi connectivity index (χ0n) is 24.3. The van der Waals surface area contributed by atoms with Crippen molar-refractivity contribution in [1.82, 2.24) is 25.1 Å². The van der Waals surface area contributed by atoms with Crippen LogP contribution in [0.1, 0.15) is 76.6 Å². The number of nitrogens with one attached hydrogen (secondary N) is 1. The average molecular weight is 566 g/mol. The van der Waals surface area contributed by atoms with Gasteiger partial charge < -0.3 is 24.6 Å². The summed E-state index contributed by atoms with van der Waals surface area (Å²) in [6, 6.07) is 8.14. The summed E-state index contributed by atoms with van der Waals surface area (Å²) in [5, 5.41) is 3.09. The van der Waals surface area contributed by atoms with E-state index >= 15 is 0 Å². The highest BCUT2D eigenvalue weighted by atomic mass is 16.6. The van der Waals surface area contributed by atoms with E-state index in [1.54, 1.807) is 17.3 Å². The van der Waals surface area contributed by atoms with E-state index in [1.807, 2.05) is 49.9 Å². The SMILES string of the molecule is CC(C)(C)OC(=O)N1CCC(N(C(=O)c2cnc(-c3ccc(CC(=O)NC4CCOCC4)cc3)nc2)C2CC2)CC1.[HH]. The van der Waals surface area contributed by atoms with Gasteiger partial charge >= 0.3 is 6.09 Å². The van der Waals surface area contributed by atoms with Crippen molar-refractivity contribution in [3.8, 4) is 11.4 Å². The van der Waals surface area contributed by atoms with Gasteiger partial charge in [-0.05, 0) is 64.9 Å². The second-order valence-corrected chi connectivity index (χ2v) is 12.3. The zero-order chi connectivity index (χ0) is 29.0. The van der Waals surface area contributed by atoms with E-state index in [0.717, 1.165) is 49.7 Å². The van der Waals surface area contributed by atoms with Crippen LogP contribution in [0.5, 0.6) is 0 Å². The number of rotatable bonds is 7. The van der Waals surface area contributed by atoms with Crippen molar-refractivity contribution in [2.24, 2.45) is 0 Å². The largest absolute Gasteiger partial charge is 0.444 e. The molecule has 0 spiro atoms. The fourth-order valence-corrected chi connectivity index (χ4v) is 5.45. The van der Waals surface area contributed by atoms with E-state index < -0.39 is 5.60 Å². The van der Waals surface area contributed by atoms with Gasteiger partial charge in [0.25, 0.3) is 5.91 Å². The molecule has 0 unspecified atom stereocenters. The predicted octanol–water partition coefficient (Wildman–Crippen LogP) is 4.23. The number of aromatic nitrogens is 2. The fraction of sp³-hybridized carbons (Fsp3) is 0.581. The van der Waals surface area contributed by atoms with Crippen molar-refractivity contribution in [3.63, 3.8) is 0 Å². The van der Waals surface area contributed by atoms with Gasteiger partial charge in [0.2, 0.25) is 5.91 Å². The summed E-state index contributed by atoms with van der Waals surface area (Å²) in [5.41, 5.74) is 1.69. The van der Waals surface area contributed by atoms with Gasteiger partial charge in [-0.1, -0.05) is 24.3 Å². The normalized spacial score (nSPS) is 18.6. The minimum absolute atomic E-state index is 0. The van der Waals surface area contributed by atoms with E-state index in [4.69, 9.17) is 9.47 Å². The number of carbonyl (C=O) groups is 3. The lowest BCUT2D eigenvalue weighted by molar-refractivity contribution is -0.121. The lowest BCUT2D eigenvalue weighted by Crippen LogP contribution is -2.50. The van der Waals surface area contributed by atoms with Crippen molar-refractivity contribution in [1.29, 1.82) is 0 Å². The van der Waals surface area contributed by atoms with Crippen LogP contribution in [0.4, 0.5) is 4.79 Å². The van der Waals surface area contributed by atoms with Gasteiger partial charge in [0.05, 0.1) is 12.0 Å². The first kappa shape index (κ1) is 29.0. The molecular weight excluding hydrogens is 522 g/mol. The average Bonchev–Trinajstić information content (AvgIpc) is 3.79. The van der Waals surface area contributed by atoms with Crippen LogP contribution in [-0.2, 0) is 20.7 Å². The first-order valence-electron chi connectivity index (χ1n) is 14.8. The zero-order valence-corrected chi connectivity index (χ0v) is 24.3. The number of carbonyl (C=O) groups excluding carboxylic acids is 3. The predicted molar refractivity (Wildman–Crippen MR) is 155 cm³/mol. The molecule has 3 heterocycles. The maximum absolute atomic E-state index is 13.6. The van der Waals surface area contributed by atoms with Crippen molar-refractivity contribution in [3.05, 3.63) is 47.8 Å². The molecule has 3 amide bonds. The topological polar surface area (TPSA) is 114 Å². The minimum Gasteiger partial charge on any atom is -0.444 e. The van der Waals surface area contributed by atoms with Crippen LogP contribution in [0.2, 0.25) is 0 Å². The van der Waals surface area contributed by atoms with E-state index in [1.165, 1.54) is 0 Å². The number of hydrogen-bond donors (Lipinski definition) is 1. The van der Waals surface area contributed by atoms with Crippen LogP contribution < -0.4 is 5.32 Å². The number of hydrogen-bond acceptors (Lipinski definition) is 7. The van der Waals surface area contributed by atoms with Crippen LogP contribution >= 0.6 is 0 Å². The molecule has 222 valence electrons. The van der Waals surface area contributed by atoms with Crippen LogP contribution in [-0.4, -0.2) is 87.7 Å². The number of benzene rings is 1. The van der Waals surface area contributed by atoms with E-state index in [2.05, 4.69) is 15.3 Å². The molecule has 1 saturated carbocycles. The van der Waals surface area contributed by atoms with Crippen LogP contribution in [0.3, 0.4) is 0 Å². The van der Waals surface area contributed by atoms with Gasteiger partial charge in [0.15, 0.2) is 5.82 Å². The summed E-state index contributed by atoms with van der Waals surface area (Å²) in [6.45, 7) is 8.11. The number of nitrogens with zero attached hydrogens (tertiary/aromatic N) is 4. The van der Waals surface area contributed by atoms with Gasteiger partial charge in [-0.3, -0.25) is 9.59 Å². The lowest BCUT2D eigenvalue weighted by Gasteiger charge is -2.39. The summed E-state index contributed by atoms with van der Waals surface area (Å²) < 4.78 is 10.9. The number of ether oxygens (including phenoxy) is 2. The highest BCUT2D eigenvalue weighted by Gasteiger charge is 2.40. The fourth-order valence-electron chi connectivity index (χ4n) is 5.45. The third-order valence-electron chi connectivity index (χ3n) is 7.75. The summed E-state index contributed by atoms with van der Waals surface area (Å²) >= 11 is 0. The van der Waals surface area contributed by atoms with Crippen molar-refractivity contribution in [2.75, 3.05) is 26.3 Å². The Labute approximate surface area is 243 Å². The summed E-state index contributed by atoms with van der Waals surface area (Å²) in [7, 11) is 0. The lowest BCUT2D eigenvalue weighted by atomic mass is 10.0. The summed E-state index contributed by atoms with van der Waals surface area (Å²) in [5.74, 6) is 0.489. The molecule has 10 heteroatoms. The molecule has 3 aliphatic rings. The second kappa shape index (κ2) is 12.5. The van der Waals surface area contributed by atoms with Crippen molar-refractivity contribution < 1.29 is 25.3 Å². The van der Waals surface area contributed by atoms with Crippen LogP contribution in [0, 0.1) is 0 Å². The molecule has 1 N–H and O–H groups in total. The molecule has 41 heavy (non-hydrogen) atoms. The molecule has 3 fully saturated rings. The van der Waals surface area contributed by atoms with E-state index in [-0.39, 0.29) is 37.5 Å². The van der Waals surface area contributed by atoms with E-state index in [0.29, 0.717) is 44.1 Å². The Bertz CT molecular complexity index is 1220.